The topological polar surface area (TPSA) is 105 Å². The van der Waals surface area contributed by atoms with Gasteiger partial charge in [-0.25, -0.2) is 4.79 Å². The maximum absolute atomic E-state index is 11.9. The van der Waals surface area contributed by atoms with E-state index in [2.05, 4.69) is 5.32 Å². The standard InChI is InChI=1S/C19H26ClNO6.Na/c1-5-15(26-17(24)19(2,3)4)27-18(25)21-11-10-14(16(22)23)12-6-8-13(20)9-7-12;/h6-9,14-15H,5,10-11H2,1-4H3,(H,21,25)(H,22,23);/q;+1/p-1. The van der Waals surface area contributed by atoms with Crippen molar-refractivity contribution in [1.29, 1.82) is 0 Å². The van der Waals surface area contributed by atoms with Crippen LogP contribution in [-0.4, -0.2) is 30.9 Å². The molecule has 0 bridgehead atoms. The number of aliphatic carboxylic acids is 1. The van der Waals surface area contributed by atoms with E-state index in [1.165, 1.54) is 0 Å². The number of nitrogens with one attached hydrogen (secondary N) is 1. The van der Waals surface area contributed by atoms with Gasteiger partial charge >= 0.3 is 41.6 Å². The van der Waals surface area contributed by atoms with Crippen molar-refractivity contribution >= 4 is 29.6 Å². The first-order valence-corrected chi connectivity index (χ1v) is 9.04. The molecule has 0 saturated carbocycles. The third kappa shape index (κ3) is 9.28. The Balaban J connectivity index is 0.00000729. The van der Waals surface area contributed by atoms with E-state index in [-0.39, 0.29) is 42.5 Å². The fourth-order valence-electron chi connectivity index (χ4n) is 2.08. The van der Waals surface area contributed by atoms with Crippen LogP contribution >= 0.6 is 11.6 Å². The summed E-state index contributed by atoms with van der Waals surface area (Å²) in [4.78, 5) is 35.1. The number of hydrogen-bond donors (Lipinski definition) is 1. The number of carboxylic acids is 1. The summed E-state index contributed by atoms with van der Waals surface area (Å²) in [6, 6.07) is 6.37. The molecule has 2 unspecified atom stereocenters. The second-order valence-corrected chi connectivity index (χ2v) is 7.47. The first-order valence-electron chi connectivity index (χ1n) is 8.66. The summed E-state index contributed by atoms with van der Waals surface area (Å²) in [5, 5.41) is 14.3. The Labute approximate surface area is 192 Å². The van der Waals surface area contributed by atoms with Gasteiger partial charge in [-0.2, -0.15) is 0 Å². The van der Waals surface area contributed by atoms with E-state index >= 15 is 0 Å². The van der Waals surface area contributed by atoms with Crippen LogP contribution in [0.3, 0.4) is 0 Å². The number of benzene rings is 1. The molecule has 0 saturated heterocycles. The van der Waals surface area contributed by atoms with Crippen molar-refractivity contribution in [3.8, 4) is 0 Å². The minimum absolute atomic E-state index is 0. The molecular weight excluding hydrogens is 397 g/mol. The van der Waals surface area contributed by atoms with Gasteiger partial charge in [0.05, 0.1) is 5.41 Å². The second-order valence-electron chi connectivity index (χ2n) is 7.04. The van der Waals surface area contributed by atoms with Gasteiger partial charge in [-0.1, -0.05) is 30.7 Å². The molecule has 0 aliphatic heterocycles. The van der Waals surface area contributed by atoms with Gasteiger partial charge in [0.15, 0.2) is 0 Å². The fourth-order valence-corrected chi connectivity index (χ4v) is 2.21. The monoisotopic (exact) mass is 421 g/mol. The molecule has 1 aromatic carbocycles. The predicted octanol–water partition coefficient (Wildman–Crippen LogP) is -0.381. The zero-order valence-corrected chi connectivity index (χ0v) is 19.7. The van der Waals surface area contributed by atoms with Crippen molar-refractivity contribution in [1.82, 2.24) is 5.32 Å². The van der Waals surface area contributed by atoms with Crippen LogP contribution in [0.4, 0.5) is 4.79 Å². The van der Waals surface area contributed by atoms with Gasteiger partial charge in [-0.3, -0.25) is 4.79 Å². The molecule has 9 heteroatoms. The van der Waals surface area contributed by atoms with E-state index in [1.54, 1.807) is 52.0 Å². The number of alkyl carbamates (subject to hydrolysis) is 1. The average molecular weight is 422 g/mol. The largest absolute Gasteiger partial charge is 1.00 e. The fraction of sp³-hybridized carbons (Fsp3) is 0.526. The molecule has 0 aromatic heterocycles. The summed E-state index contributed by atoms with van der Waals surface area (Å²) >= 11 is 5.80. The maximum Gasteiger partial charge on any atom is 1.00 e. The third-order valence-corrected chi connectivity index (χ3v) is 3.93. The molecule has 0 radical (unpaired) electrons. The molecule has 2 atom stereocenters. The van der Waals surface area contributed by atoms with Crippen molar-refractivity contribution < 1.29 is 58.5 Å². The van der Waals surface area contributed by atoms with Crippen LogP contribution < -0.4 is 40.0 Å². The second kappa shape index (κ2) is 12.3. The van der Waals surface area contributed by atoms with Crippen LogP contribution in [0.15, 0.2) is 24.3 Å². The Bertz CT molecular complexity index is 659. The minimum atomic E-state index is -1.25. The Morgan fingerprint density at radius 1 is 1.14 bits per heavy atom. The number of rotatable bonds is 8. The van der Waals surface area contributed by atoms with Gasteiger partial charge in [-0.15, -0.1) is 0 Å². The summed E-state index contributed by atoms with van der Waals surface area (Å²) in [7, 11) is 0. The number of hydrogen-bond acceptors (Lipinski definition) is 6. The predicted molar refractivity (Wildman–Crippen MR) is 97.9 cm³/mol. The van der Waals surface area contributed by atoms with Crippen LogP contribution in [0.1, 0.15) is 52.0 Å². The summed E-state index contributed by atoms with van der Waals surface area (Å²) < 4.78 is 10.2. The quantitative estimate of drug-likeness (QED) is 0.348. The van der Waals surface area contributed by atoms with Gasteiger partial charge in [0, 0.05) is 29.9 Å². The SMILES string of the molecule is CCC(OC(=O)NCCC(C(=O)[O-])c1ccc(Cl)cc1)OC(=O)C(C)(C)C.[Na+]. The van der Waals surface area contributed by atoms with Crippen molar-refractivity contribution in [2.45, 2.75) is 52.7 Å². The molecule has 0 aliphatic carbocycles. The van der Waals surface area contributed by atoms with E-state index in [0.717, 1.165) is 0 Å². The van der Waals surface area contributed by atoms with Crippen LogP contribution in [-0.2, 0) is 19.1 Å². The summed E-state index contributed by atoms with van der Waals surface area (Å²) in [6.45, 7) is 6.83. The molecule has 1 aromatic rings. The zero-order valence-electron chi connectivity index (χ0n) is 16.9. The van der Waals surface area contributed by atoms with E-state index in [1.807, 2.05) is 0 Å². The number of esters is 1. The van der Waals surface area contributed by atoms with E-state index in [4.69, 9.17) is 21.1 Å². The number of ether oxygens (including phenoxy) is 2. The summed E-state index contributed by atoms with van der Waals surface area (Å²) in [6.07, 6.45) is -1.40. The summed E-state index contributed by atoms with van der Waals surface area (Å²) in [5.74, 6) is -2.64. The van der Waals surface area contributed by atoms with Crippen molar-refractivity contribution in [3.63, 3.8) is 0 Å². The molecule has 1 amide bonds. The molecule has 7 nitrogen and oxygen atoms in total. The molecule has 0 heterocycles. The molecule has 1 rings (SSSR count). The molecule has 28 heavy (non-hydrogen) atoms. The number of amides is 1. The first kappa shape index (κ1) is 26.7. The van der Waals surface area contributed by atoms with Gasteiger partial charge in [0.25, 0.3) is 0 Å². The molecular formula is C19H25ClNNaO6. The van der Waals surface area contributed by atoms with Crippen LogP contribution in [0.2, 0.25) is 5.02 Å². The molecule has 0 spiro atoms. The van der Waals surface area contributed by atoms with Gasteiger partial charge in [0.2, 0.25) is 6.29 Å². The van der Waals surface area contributed by atoms with Gasteiger partial charge < -0.3 is 24.7 Å². The van der Waals surface area contributed by atoms with Crippen LogP contribution in [0.5, 0.6) is 0 Å². The molecule has 0 aliphatic rings. The van der Waals surface area contributed by atoms with E-state index in [9.17, 15) is 19.5 Å². The number of carbonyl (C=O) groups is 3. The van der Waals surface area contributed by atoms with E-state index < -0.39 is 35.7 Å². The Morgan fingerprint density at radius 2 is 1.71 bits per heavy atom. The Kier molecular flexibility index (Phi) is 11.8. The maximum atomic E-state index is 11.9. The Morgan fingerprint density at radius 3 is 2.18 bits per heavy atom. The first-order chi connectivity index (χ1) is 12.5. The summed E-state index contributed by atoms with van der Waals surface area (Å²) in [5.41, 5.74) is -0.187. The van der Waals surface area contributed by atoms with Crippen molar-refractivity contribution in [2.75, 3.05) is 6.54 Å². The third-order valence-electron chi connectivity index (χ3n) is 3.68. The molecule has 150 valence electrons. The van der Waals surface area contributed by atoms with E-state index in [0.29, 0.717) is 17.0 Å². The zero-order chi connectivity index (χ0) is 20.6. The number of halogens is 1. The van der Waals surface area contributed by atoms with Crippen molar-refractivity contribution in [2.24, 2.45) is 5.41 Å². The number of carboxylic acid groups (broad SMARTS) is 1. The van der Waals surface area contributed by atoms with Crippen LogP contribution in [0, 0.1) is 5.41 Å². The minimum Gasteiger partial charge on any atom is -0.549 e. The van der Waals surface area contributed by atoms with Crippen molar-refractivity contribution in [3.05, 3.63) is 34.9 Å². The smallest absolute Gasteiger partial charge is 0.549 e. The Hall–Kier alpha value is -1.28. The molecule has 1 N–H and O–H groups in total. The molecule has 0 fully saturated rings. The van der Waals surface area contributed by atoms with Gasteiger partial charge in [0.1, 0.15) is 0 Å². The normalized spacial score (nSPS) is 12.9. The van der Waals surface area contributed by atoms with Gasteiger partial charge in [-0.05, 0) is 44.9 Å². The van der Waals surface area contributed by atoms with Crippen LogP contribution in [0.25, 0.3) is 0 Å². The number of carbonyl (C=O) groups excluding carboxylic acids is 3. The average Bonchev–Trinajstić information content (AvgIpc) is 2.58.